The van der Waals surface area contributed by atoms with Crippen molar-refractivity contribution in [2.24, 2.45) is 0 Å². The lowest BCUT2D eigenvalue weighted by atomic mass is 10.2. The summed E-state index contributed by atoms with van der Waals surface area (Å²) in [5.41, 5.74) is 3.20. The predicted molar refractivity (Wildman–Crippen MR) is 70.2 cm³/mol. The van der Waals surface area contributed by atoms with Crippen LogP contribution < -0.4 is 5.32 Å². The molecule has 0 aromatic heterocycles. The average molecular weight is 249 g/mol. The molecule has 1 heterocycles. The van der Waals surface area contributed by atoms with Gasteiger partial charge in [-0.2, -0.15) is 0 Å². The lowest BCUT2D eigenvalue weighted by Crippen LogP contribution is -2.12. The van der Waals surface area contributed by atoms with Gasteiger partial charge in [-0.25, -0.2) is 4.79 Å². The van der Waals surface area contributed by atoms with E-state index in [0.29, 0.717) is 6.61 Å². The zero-order chi connectivity index (χ0) is 12.3. The molecule has 0 saturated heterocycles. The van der Waals surface area contributed by atoms with E-state index >= 15 is 0 Å². The molecular formula is C13H15NO2S. The molecule has 0 saturated carbocycles. The molecule has 0 amide bonds. The number of fused-ring (bicyclic) bond motifs is 1. The number of esters is 1. The number of nitrogens with one attached hydrogen (secondary N) is 1. The molecule has 0 spiro atoms. The molecule has 0 aliphatic carbocycles. The van der Waals surface area contributed by atoms with Crippen LogP contribution in [0.5, 0.6) is 0 Å². The van der Waals surface area contributed by atoms with Crippen molar-refractivity contribution in [3.05, 3.63) is 35.5 Å². The summed E-state index contributed by atoms with van der Waals surface area (Å²) < 4.78 is 4.89. The van der Waals surface area contributed by atoms with E-state index in [0.717, 1.165) is 17.1 Å². The first-order valence-corrected chi connectivity index (χ1v) is 6.55. The van der Waals surface area contributed by atoms with Gasteiger partial charge in [-0.3, -0.25) is 0 Å². The summed E-state index contributed by atoms with van der Waals surface area (Å²) in [6.45, 7) is 4.29. The highest BCUT2D eigenvalue weighted by Crippen LogP contribution is 2.34. The van der Waals surface area contributed by atoms with E-state index in [4.69, 9.17) is 4.74 Å². The molecule has 90 valence electrons. The summed E-state index contributed by atoms with van der Waals surface area (Å²) in [4.78, 5) is 12.6. The number of hydrogen-bond donors (Lipinski definition) is 1. The molecule has 1 aliphatic heterocycles. The standard InChI is InChI=1S/C13H15NO2S/c1-3-16-13(15)7-10-8-17-12-6-9(2)4-5-11(12)14-10/h4-7,14H,3,8H2,1-2H3/b10-7-. The van der Waals surface area contributed by atoms with Crippen LogP contribution in [0.2, 0.25) is 0 Å². The van der Waals surface area contributed by atoms with E-state index in [9.17, 15) is 4.79 Å². The van der Waals surface area contributed by atoms with Crippen molar-refractivity contribution in [3.8, 4) is 0 Å². The van der Waals surface area contributed by atoms with Crippen LogP contribution in [0.25, 0.3) is 0 Å². The average Bonchev–Trinajstić information content (AvgIpc) is 2.29. The molecule has 1 N–H and O–H groups in total. The van der Waals surface area contributed by atoms with E-state index in [1.54, 1.807) is 18.7 Å². The fraction of sp³-hybridized carbons (Fsp3) is 0.308. The zero-order valence-corrected chi connectivity index (χ0v) is 10.8. The normalized spacial score (nSPS) is 16.2. The first kappa shape index (κ1) is 12.0. The van der Waals surface area contributed by atoms with Gasteiger partial charge in [-0.15, -0.1) is 11.8 Å². The van der Waals surface area contributed by atoms with Gasteiger partial charge >= 0.3 is 5.97 Å². The van der Waals surface area contributed by atoms with Crippen LogP contribution in [-0.2, 0) is 9.53 Å². The Labute approximate surface area is 105 Å². The minimum absolute atomic E-state index is 0.286. The van der Waals surface area contributed by atoms with Gasteiger partial charge < -0.3 is 10.1 Å². The highest BCUT2D eigenvalue weighted by Gasteiger charge is 2.13. The SMILES string of the molecule is CCOC(=O)/C=C1/CSc2cc(C)ccc2N1. The van der Waals surface area contributed by atoms with Gasteiger partial charge in [-0.1, -0.05) is 6.07 Å². The number of benzene rings is 1. The number of carbonyl (C=O) groups is 1. The summed E-state index contributed by atoms with van der Waals surface area (Å²) >= 11 is 1.73. The molecule has 4 heteroatoms. The Balaban J connectivity index is 2.13. The predicted octanol–water partition coefficient (Wildman–Crippen LogP) is 2.96. The van der Waals surface area contributed by atoms with Crippen molar-refractivity contribution in [2.75, 3.05) is 17.7 Å². The fourth-order valence-corrected chi connectivity index (χ4v) is 2.63. The first-order chi connectivity index (χ1) is 8.19. The number of rotatable bonds is 2. The third kappa shape index (κ3) is 3.03. The molecule has 0 fully saturated rings. The van der Waals surface area contributed by atoms with Crippen LogP contribution >= 0.6 is 11.8 Å². The highest BCUT2D eigenvalue weighted by molar-refractivity contribution is 7.99. The molecule has 3 nitrogen and oxygen atoms in total. The van der Waals surface area contributed by atoms with Crippen LogP contribution in [0.4, 0.5) is 5.69 Å². The van der Waals surface area contributed by atoms with Crippen LogP contribution in [0.15, 0.2) is 34.9 Å². The maximum absolute atomic E-state index is 11.3. The third-order valence-corrected chi connectivity index (χ3v) is 3.50. The van der Waals surface area contributed by atoms with E-state index in [1.165, 1.54) is 16.5 Å². The van der Waals surface area contributed by atoms with Crippen molar-refractivity contribution in [1.82, 2.24) is 0 Å². The van der Waals surface area contributed by atoms with Gasteiger partial charge in [0.2, 0.25) is 0 Å². The molecule has 0 radical (unpaired) electrons. The number of anilines is 1. The molecule has 2 rings (SSSR count). The smallest absolute Gasteiger partial charge is 0.332 e. The first-order valence-electron chi connectivity index (χ1n) is 5.57. The second kappa shape index (κ2) is 5.27. The van der Waals surface area contributed by atoms with Gasteiger partial charge in [0.1, 0.15) is 0 Å². The molecule has 1 aromatic rings. The summed E-state index contributed by atoms with van der Waals surface area (Å²) in [6, 6.07) is 6.24. The number of ether oxygens (including phenoxy) is 1. The summed E-state index contributed by atoms with van der Waals surface area (Å²) in [7, 11) is 0. The van der Waals surface area contributed by atoms with Crippen LogP contribution in [0.3, 0.4) is 0 Å². The van der Waals surface area contributed by atoms with E-state index in [-0.39, 0.29) is 5.97 Å². The molecule has 1 aromatic carbocycles. The van der Waals surface area contributed by atoms with Gasteiger partial charge in [0, 0.05) is 22.4 Å². The number of hydrogen-bond acceptors (Lipinski definition) is 4. The topological polar surface area (TPSA) is 38.3 Å². The van der Waals surface area contributed by atoms with E-state index in [1.807, 2.05) is 6.07 Å². The quantitative estimate of drug-likeness (QED) is 0.646. The largest absolute Gasteiger partial charge is 0.463 e. The second-order valence-electron chi connectivity index (χ2n) is 3.83. The van der Waals surface area contributed by atoms with Crippen molar-refractivity contribution >= 4 is 23.4 Å². The fourth-order valence-electron chi connectivity index (χ4n) is 1.62. The summed E-state index contributed by atoms with van der Waals surface area (Å²) in [5.74, 6) is 0.487. The Morgan fingerprint density at radius 3 is 3.18 bits per heavy atom. The third-order valence-electron chi connectivity index (χ3n) is 2.39. The molecule has 1 aliphatic rings. The van der Waals surface area contributed by atoms with Crippen LogP contribution in [0.1, 0.15) is 12.5 Å². The number of aryl methyl sites for hydroxylation is 1. The second-order valence-corrected chi connectivity index (χ2v) is 4.85. The van der Waals surface area contributed by atoms with Crippen molar-refractivity contribution in [1.29, 1.82) is 0 Å². The Morgan fingerprint density at radius 2 is 2.41 bits per heavy atom. The van der Waals surface area contributed by atoms with Crippen molar-refractivity contribution in [2.45, 2.75) is 18.7 Å². The van der Waals surface area contributed by atoms with Crippen LogP contribution in [-0.4, -0.2) is 18.3 Å². The summed E-state index contributed by atoms with van der Waals surface area (Å²) in [6.07, 6.45) is 1.53. The van der Waals surface area contributed by atoms with Gasteiger partial charge in [0.05, 0.1) is 12.3 Å². The maximum atomic E-state index is 11.3. The van der Waals surface area contributed by atoms with Crippen molar-refractivity contribution < 1.29 is 9.53 Å². The van der Waals surface area contributed by atoms with Gasteiger partial charge in [0.25, 0.3) is 0 Å². The molecule has 0 atom stereocenters. The molecular weight excluding hydrogens is 234 g/mol. The van der Waals surface area contributed by atoms with E-state index in [2.05, 4.69) is 24.4 Å². The van der Waals surface area contributed by atoms with E-state index < -0.39 is 0 Å². The number of carbonyl (C=O) groups excluding carboxylic acids is 1. The molecule has 0 bridgehead atoms. The van der Waals surface area contributed by atoms with Crippen molar-refractivity contribution in [3.63, 3.8) is 0 Å². The molecule has 17 heavy (non-hydrogen) atoms. The highest BCUT2D eigenvalue weighted by atomic mass is 32.2. The minimum Gasteiger partial charge on any atom is -0.463 e. The Kier molecular flexibility index (Phi) is 3.74. The minimum atomic E-state index is -0.286. The lowest BCUT2D eigenvalue weighted by Gasteiger charge is -2.20. The monoisotopic (exact) mass is 249 g/mol. The summed E-state index contributed by atoms with van der Waals surface area (Å²) in [5, 5.41) is 3.25. The maximum Gasteiger partial charge on any atom is 0.332 e. The Hall–Kier alpha value is -1.42. The lowest BCUT2D eigenvalue weighted by molar-refractivity contribution is -0.137. The van der Waals surface area contributed by atoms with Gasteiger partial charge in [0.15, 0.2) is 0 Å². The molecule has 0 unspecified atom stereocenters. The number of thioether (sulfide) groups is 1. The van der Waals surface area contributed by atoms with Crippen LogP contribution in [0, 0.1) is 6.92 Å². The zero-order valence-electron chi connectivity index (χ0n) is 9.95. The Morgan fingerprint density at radius 1 is 1.59 bits per heavy atom. The Bertz CT molecular complexity index is 468. The van der Waals surface area contributed by atoms with Gasteiger partial charge in [-0.05, 0) is 31.5 Å².